The number of nitro groups is 1. The molecular weight excluding hydrogens is 286 g/mol. The molecule has 0 aliphatic rings. The summed E-state index contributed by atoms with van der Waals surface area (Å²) in [5.74, 6) is -0.890. The zero-order valence-corrected chi connectivity index (χ0v) is 11.8. The number of likely N-dealkylation sites (N-methyl/N-ethyl adjacent to an activating group) is 1. The molecule has 0 aromatic heterocycles. The van der Waals surface area contributed by atoms with Gasteiger partial charge in [0.2, 0.25) is 5.91 Å². The van der Waals surface area contributed by atoms with Crippen molar-refractivity contribution in [3.63, 3.8) is 0 Å². The Morgan fingerprint density at radius 1 is 1.45 bits per heavy atom. The molecule has 0 saturated heterocycles. The average molecular weight is 300 g/mol. The Morgan fingerprint density at radius 3 is 2.65 bits per heavy atom. The van der Waals surface area contributed by atoms with Gasteiger partial charge in [0.1, 0.15) is 0 Å². The van der Waals surface area contributed by atoms with Gasteiger partial charge in [-0.1, -0.05) is 11.6 Å². The number of carbonyl (C=O) groups excluding carboxylic acids is 2. The van der Waals surface area contributed by atoms with E-state index in [0.29, 0.717) is 6.54 Å². The maximum atomic E-state index is 11.9. The Morgan fingerprint density at radius 2 is 2.10 bits per heavy atom. The van der Waals surface area contributed by atoms with Crippen molar-refractivity contribution in [3.8, 4) is 0 Å². The lowest BCUT2D eigenvalue weighted by molar-refractivity contribution is -0.384. The lowest BCUT2D eigenvalue weighted by atomic mass is 10.2. The SMILES string of the molecule is CCN(C)C(=O)CNC(=O)c1cc([N+](=O)[O-])ccc1Cl. The molecule has 0 heterocycles. The van der Waals surface area contributed by atoms with Crippen LogP contribution >= 0.6 is 11.6 Å². The van der Waals surface area contributed by atoms with Crippen LogP contribution in [0.2, 0.25) is 5.02 Å². The van der Waals surface area contributed by atoms with Gasteiger partial charge in [0.25, 0.3) is 11.6 Å². The van der Waals surface area contributed by atoms with E-state index in [-0.39, 0.29) is 28.7 Å². The standard InChI is InChI=1S/C12H14ClN3O4/c1-3-15(2)11(17)7-14-12(18)9-6-8(16(19)20)4-5-10(9)13/h4-6H,3,7H2,1-2H3,(H,14,18). The molecule has 0 fully saturated rings. The highest BCUT2D eigenvalue weighted by Crippen LogP contribution is 2.21. The van der Waals surface area contributed by atoms with Crippen LogP contribution in [0.4, 0.5) is 5.69 Å². The second-order valence-corrected chi connectivity index (χ2v) is 4.42. The molecule has 2 amide bonds. The van der Waals surface area contributed by atoms with Crippen LogP contribution in [-0.2, 0) is 4.79 Å². The zero-order valence-electron chi connectivity index (χ0n) is 11.1. The summed E-state index contributed by atoms with van der Waals surface area (Å²) in [6.07, 6.45) is 0. The van der Waals surface area contributed by atoms with Crippen LogP contribution in [0.3, 0.4) is 0 Å². The fourth-order valence-corrected chi connectivity index (χ4v) is 1.57. The van der Waals surface area contributed by atoms with Gasteiger partial charge >= 0.3 is 0 Å². The van der Waals surface area contributed by atoms with Crippen molar-refractivity contribution in [2.45, 2.75) is 6.92 Å². The van der Waals surface area contributed by atoms with Crippen molar-refractivity contribution in [1.29, 1.82) is 0 Å². The third kappa shape index (κ3) is 3.92. The third-order valence-corrected chi connectivity index (χ3v) is 3.04. The van der Waals surface area contributed by atoms with Gasteiger partial charge < -0.3 is 10.2 Å². The summed E-state index contributed by atoms with van der Waals surface area (Å²) < 4.78 is 0. The molecular formula is C12H14ClN3O4. The highest BCUT2D eigenvalue weighted by atomic mass is 35.5. The summed E-state index contributed by atoms with van der Waals surface area (Å²) >= 11 is 5.82. The Labute approximate surface area is 120 Å². The van der Waals surface area contributed by atoms with E-state index in [9.17, 15) is 19.7 Å². The molecule has 0 saturated carbocycles. The van der Waals surface area contributed by atoms with Gasteiger partial charge in [0.15, 0.2) is 0 Å². The summed E-state index contributed by atoms with van der Waals surface area (Å²) in [6, 6.07) is 3.55. The van der Waals surface area contributed by atoms with Crippen molar-refractivity contribution in [2.24, 2.45) is 0 Å². The van der Waals surface area contributed by atoms with E-state index in [1.165, 1.54) is 17.0 Å². The number of non-ortho nitro benzene ring substituents is 1. The lowest BCUT2D eigenvalue weighted by Crippen LogP contribution is -2.38. The third-order valence-electron chi connectivity index (χ3n) is 2.71. The number of amides is 2. The molecule has 1 N–H and O–H groups in total. The highest BCUT2D eigenvalue weighted by Gasteiger charge is 2.17. The summed E-state index contributed by atoms with van der Waals surface area (Å²) in [4.78, 5) is 34.9. The van der Waals surface area contributed by atoms with Crippen LogP contribution in [0.25, 0.3) is 0 Å². The van der Waals surface area contributed by atoms with Gasteiger partial charge in [-0.15, -0.1) is 0 Å². The first-order chi connectivity index (χ1) is 9.36. The predicted octanol–water partition coefficient (Wildman–Crippen LogP) is 1.46. The van der Waals surface area contributed by atoms with E-state index in [2.05, 4.69) is 5.32 Å². The molecule has 108 valence electrons. The first kappa shape index (κ1) is 15.9. The van der Waals surface area contributed by atoms with Gasteiger partial charge in [-0.2, -0.15) is 0 Å². The Kier molecular flexibility index (Phi) is 5.45. The monoisotopic (exact) mass is 299 g/mol. The molecule has 0 aliphatic carbocycles. The fraction of sp³-hybridized carbons (Fsp3) is 0.333. The van der Waals surface area contributed by atoms with E-state index in [1.807, 2.05) is 0 Å². The van der Waals surface area contributed by atoms with Crippen molar-refractivity contribution < 1.29 is 14.5 Å². The molecule has 7 nitrogen and oxygen atoms in total. The predicted molar refractivity (Wildman–Crippen MR) is 73.8 cm³/mol. The van der Waals surface area contributed by atoms with Gasteiger partial charge in [-0.25, -0.2) is 0 Å². The van der Waals surface area contributed by atoms with Crippen LogP contribution in [0.15, 0.2) is 18.2 Å². The van der Waals surface area contributed by atoms with E-state index in [1.54, 1.807) is 14.0 Å². The van der Waals surface area contributed by atoms with Gasteiger partial charge in [-0.3, -0.25) is 19.7 Å². The summed E-state index contributed by atoms with van der Waals surface area (Å²) in [5, 5.41) is 13.1. The molecule has 0 spiro atoms. The molecule has 20 heavy (non-hydrogen) atoms. The average Bonchev–Trinajstić information content (AvgIpc) is 2.43. The Bertz CT molecular complexity index is 548. The number of halogens is 1. The van der Waals surface area contributed by atoms with E-state index in [0.717, 1.165) is 6.07 Å². The summed E-state index contributed by atoms with van der Waals surface area (Å²) in [6.45, 7) is 2.13. The van der Waals surface area contributed by atoms with Crippen molar-refractivity contribution in [2.75, 3.05) is 20.1 Å². The van der Waals surface area contributed by atoms with Gasteiger partial charge in [-0.05, 0) is 13.0 Å². The lowest BCUT2D eigenvalue weighted by Gasteiger charge is -2.14. The first-order valence-corrected chi connectivity index (χ1v) is 6.20. The topological polar surface area (TPSA) is 92.6 Å². The van der Waals surface area contributed by atoms with Crippen molar-refractivity contribution in [1.82, 2.24) is 10.2 Å². The normalized spacial score (nSPS) is 9.95. The number of hydrogen-bond donors (Lipinski definition) is 1. The van der Waals surface area contributed by atoms with Crippen LogP contribution in [-0.4, -0.2) is 41.8 Å². The second-order valence-electron chi connectivity index (χ2n) is 4.01. The molecule has 8 heteroatoms. The number of nitrogens with one attached hydrogen (secondary N) is 1. The summed E-state index contributed by atoms with van der Waals surface area (Å²) in [5.41, 5.74) is -0.274. The van der Waals surface area contributed by atoms with Crippen LogP contribution < -0.4 is 5.32 Å². The highest BCUT2D eigenvalue weighted by molar-refractivity contribution is 6.34. The molecule has 0 atom stereocenters. The number of nitro benzene ring substituents is 1. The number of rotatable bonds is 5. The molecule has 1 aromatic carbocycles. The van der Waals surface area contributed by atoms with Gasteiger partial charge in [0, 0.05) is 25.7 Å². The van der Waals surface area contributed by atoms with Crippen LogP contribution in [0.5, 0.6) is 0 Å². The van der Waals surface area contributed by atoms with Crippen molar-refractivity contribution >= 4 is 29.1 Å². The molecule has 0 radical (unpaired) electrons. The minimum Gasteiger partial charge on any atom is -0.345 e. The maximum Gasteiger partial charge on any atom is 0.270 e. The largest absolute Gasteiger partial charge is 0.345 e. The fourth-order valence-electron chi connectivity index (χ4n) is 1.36. The number of hydrogen-bond acceptors (Lipinski definition) is 4. The number of benzene rings is 1. The smallest absolute Gasteiger partial charge is 0.270 e. The minimum atomic E-state index is -0.628. The zero-order chi connectivity index (χ0) is 15.3. The quantitative estimate of drug-likeness (QED) is 0.658. The number of nitrogens with zero attached hydrogens (tertiary/aromatic N) is 2. The van der Waals surface area contributed by atoms with Crippen molar-refractivity contribution in [3.05, 3.63) is 38.9 Å². The second kappa shape index (κ2) is 6.85. The van der Waals surface area contributed by atoms with Crippen LogP contribution in [0.1, 0.15) is 17.3 Å². The molecule has 1 rings (SSSR count). The summed E-state index contributed by atoms with van der Waals surface area (Å²) in [7, 11) is 1.61. The van der Waals surface area contributed by atoms with E-state index in [4.69, 9.17) is 11.6 Å². The molecule has 0 unspecified atom stereocenters. The van der Waals surface area contributed by atoms with Crippen LogP contribution in [0, 0.1) is 10.1 Å². The van der Waals surface area contributed by atoms with E-state index >= 15 is 0 Å². The Balaban J connectivity index is 2.80. The minimum absolute atomic E-state index is 0.0344. The van der Waals surface area contributed by atoms with Gasteiger partial charge in [0.05, 0.1) is 22.1 Å². The molecule has 1 aromatic rings. The maximum absolute atomic E-state index is 11.9. The molecule has 0 bridgehead atoms. The Hall–Kier alpha value is -2.15. The van der Waals surface area contributed by atoms with E-state index < -0.39 is 10.8 Å². The first-order valence-electron chi connectivity index (χ1n) is 5.83. The number of carbonyl (C=O) groups is 2. The molecule has 0 aliphatic heterocycles.